The van der Waals surface area contributed by atoms with E-state index in [0.29, 0.717) is 27.5 Å². The van der Waals surface area contributed by atoms with Crippen molar-refractivity contribution in [3.8, 4) is 0 Å². The molecule has 1 aromatic carbocycles. The fourth-order valence-electron chi connectivity index (χ4n) is 2.38. The van der Waals surface area contributed by atoms with E-state index in [9.17, 15) is 14.4 Å². The molecule has 0 aliphatic carbocycles. The number of benzene rings is 1. The van der Waals surface area contributed by atoms with Crippen LogP contribution in [0.15, 0.2) is 49.9 Å². The lowest BCUT2D eigenvalue weighted by atomic mass is 10.2. The minimum Gasteiger partial charge on any atom is -0.300 e. The molecule has 0 unspecified atom stereocenters. The first-order chi connectivity index (χ1) is 11.4. The van der Waals surface area contributed by atoms with Gasteiger partial charge in [0, 0.05) is 38.7 Å². The summed E-state index contributed by atoms with van der Waals surface area (Å²) in [5.41, 5.74) is 0.352. The minimum atomic E-state index is -0.376. The van der Waals surface area contributed by atoms with Gasteiger partial charge in [-0.15, -0.1) is 0 Å². The first kappa shape index (κ1) is 16.3. The standard InChI is InChI=1S/C16H16N4O3S/c1-18-10(8-13(21)19(2)16(18)23)9-24-15-17-12-7-5-4-6-11(12)14(22)20(15)3/h4-8H,9H2,1-3H3. The number of thioether (sulfide) groups is 1. The van der Waals surface area contributed by atoms with Crippen LogP contribution in [0.3, 0.4) is 0 Å². The fraction of sp³-hybridized carbons (Fsp3) is 0.250. The second-order valence-electron chi connectivity index (χ2n) is 5.44. The zero-order valence-corrected chi connectivity index (χ0v) is 14.3. The van der Waals surface area contributed by atoms with Crippen LogP contribution in [0.1, 0.15) is 5.69 Å². The molecule has 7 nitrogen and oxygen atoms in total. The number of hydrogen-bond acceptors (Lipinski definition) is 5. The lowest BCUT2D eigenvalue weighted by Crippen LogP contribution is -2.37. The zero-order chi connectivity index (χ0) is 17.4. The molecular formula is C16H16N4O3S. The zero-order valence-electron chi connectivity index (χ0n) is 13.5. The topological polar surface area (TPSA) is 78.9 Å². The predicted octanol–water partition coefficient (Wildman–Crippen LogP) is 0.623. The average Bonchev–Trinajstić information content (AvgIpc) is 2.59. The van der Waals surface area contributed by atoms with Gasteiger partial charge < -0.3 is 0 Å². The van der Waals surface area contributed by atoms with Crippen LogP contribution in [-0.4, -0.2) is 18.7 Å². The van der Waals surface area contributed by atoms with Gasteiger partial charge in [0.15, 0.2) is 5.16 Å². The molecule has 0 amide bonds. The molecule has 0 radical (unpaired) electrons. The van der Waals surface area contributed by atoms with Gasteiger partial charge in [-0.3, -0.25) is 23.3 Å². The molecule has 2 heterocycles. The lowest BCUT2D eigenvalue weighted by molar-refractivity contribution is 0.664. The van der Waals surface area contributed by atoms with Gasteiger partial charge in [0.2, 0.25) is 0 Å². The second-order valence-corrected chi connectivity index (χ2v) is 6.38. The molecule has 124 valence electrons. The van der Waals surface area contributed by atoms with E-state index in [-0.39, 0.29) is 16.8 Å². The maximum Gasteiger partial charge on any atom is 0.330 e. The molecular weight excluding hydrogens is 328 g/mol. The van der Waals surface area contributed by atoms with Crippen LogP contribution in [0.25, 0.3) is 10.9 Å². The van der Waals surface area contributed by atoms with Gasteiger partial charge in [-0.25, -0.2) is 9.78 Å². The molecule has 0 saturated heterocycles. The highest BCUT2D eigenvalue weighted by Crippen LogP contribution is 2.20. The normalized spacial score (nSPS) is 11.1. The van der Waals surface area contributed by atoms with Crippen LogP contribution < -0.4 is 16.8 Å². The Kier molecular flexibility index (Phi) is 4.15. The second kappa shape index (κ2) is 6.12. The Morgan fingerprint density at radius 1 is 1.00 bits per heavy atom. The van der Waals surface area contributed by atoms with Crippen molar-refractivity contribution in [1.29, 1.82) is 0 Å². The van der Waals surface area contributed by atoms with Crippen molar-refractivity contribution in [1.82, 2.24) is 18.7 Å². The van der Waals surface area contributed by atoms with Crippen LogP contribution in [0, 0.1) is 0 Å². The maximum atomic E-state index is 12.4. The molecule has 3 aromatic rings. The van der Waals surface area contributed by atoms with Crippen LogP contribution in [-0.2, 0) is 26.9 Å². The van der Waals surface area contributed by atoms with Crippen molar-refractivity contribution in [2.45, 2.75) is 10.9 Å². The highest BCUT2D eigenvalue weighted by molar-refractivity contribution is 7.98. The molecule has 3 rings (SSSR count). The van der Waals surface area contributed by atoms with E-state index in [1.54, 1.807) is 32.3 Å². The fourth-order valence-corrected chi connectivity index (χ4v) is 3.38. The molecule has 0 atom stereocenters. The number of para-hydroxylation sites is 1. The Morgan fingerprint density at radius 3 is 2.46 bits per heavy atom. The summed E-state index contributed by atoms with van der Waals surface area (Å²) in [6, 6.07) is 8.58. The lowest BCUT2D eigenvalue weighted by Gasteiger charge is -2.11. The van der Waals surface area contributed by atoms with Crippen molar-refractivity contribution in [3.63, 3.8) is 0 Å². The molecule has 0 aliphatic rings. The molecule has 0 N–H and O–H groups in total. The third kappa shape index (κ3) is 2.69. The first-order valence-corrected chi connectivity index (χ1v) is 8.23. The molecule has 0 bridgehead atoms. The van der Waals surface area contributed by atoms with Gasteiger partial charge in [-0.1, -0.05) is 23.9 Å². The largest absolute Gasteiger partial charge is 0.330 e. The molecule has 2 aromatic heterocycles. The first-order valence-electron chi connectivity index (χ1n) is 7.24. The molecule has 0 spiro atoms. The van der Waals surface area contributed by atoms with E-state index >= 15 is 0 Å². The van der Waals surface area contributed by atoms with Crippen molar-refractivity contribution >= 4 is 22.7 Å². The van der Waals surface area contributed by atoms with E-state index in [1.807, 2.05) is 6.07 Å². The van der Waals surface area contributed by atoms with Crippen molar-refractivity contribution < 1.29 is 0 Å². The predicted molar refractivity (Wildman–Crippen MR) is 93.5 cm³/mol. The Hall–Kier alpha value is -2.61. The van der Waals surface area contributed by atoms with Crippen molar-refractivity contribution in [3.05, 3.63) is 67.2 Å². The number of aromatic nitrogens is 4. The molecule has 0 saturated carbocycles. The summed E-state index contributed by atoms with van der Waals surface area (Å²) in [5, 5.41) is 1.09. The van der Waals surface area contributed by atoms with Crippen molar-refractivity contribution in [2.24, 2.45) is 21.1 Å². The van der Waals surface area contributed by atoms with Crippen molar-refractivity contribution in [2.75, 3.05) is 0 Å². The van der Waals surface area contributed by atoms with Crippen LogP contribution in [0.2, 0.25) is 0 Å². The summed E-state index contributed by atoms with van der Waals surface area (Å²) in [6.45, 7) is 0. The molecule has 8 heteroatoms. The maximum absolute atomic E-state index is 12.4. The van der Waals surface area contributed by atoms with E-state index in [4.69, 9.17) is 0 Å². The molecule has 24 heavy (non-hydrogen) atoms. The Balaban J connectivity index is 2.01. The summed E-state index contributed by atoms with van der Waals surface area (Å²) in [7, 11) is 4.72. The van der Waals surface area contributed by atoms with Gasteiger partial charge in [0.05, 0.1) is 10.9 Å². The van der Waals surface area contributed by atoms with E-state index in [1.165, 1.54) is 34.0 Å². The Bertz CT molecular complexity index is 1110. The van der Waals surface area contributed by atoms with Gasteiger partial charge in [0.1, 0.15) is 0 Å². The Morgan fingerprint density at radius 2 is 1.71 bits per heavy atom. The summed E-state index contributed by atoms with van der Waals surface area (Å²) < 4.78 is 3.96. The summed E-state index contributed by atoms with van der Waals surface area (Å²) in [6.07, 6.45) is 0. The summed E-state index contributed by atoms with van der Waals surface area (Å²) >= 11 is 1.31. The van der Waals surface area contributed by atoms with Gasteiger partial charge in [-0.2, -0.15) is 0 Å². The van der Waals surface area contributed by atoms with E-state index < -0.39 is 0 Å². The van der Waals surface area contributed by atoms with Gasteiger partial charge in [-0.05, 0) is 12.1 Å². The smallest absolute Gasteiger partial charge is 0.300 e. The van der Waals surface area contributed by atoms with Crippen LogP contribution in [0.5, 0.6) is 0 Å². The van der Waals surface area contributed by atoms with Gasteiger partial charge in [0.25, 0.3) is 11.1 Å². The minimum absolute atomic E-state index is 0.124. The third-order valence-corrected chi connectivity index (χ3v) is 4.98. The highest BCUT2D eigenvalue weighted by Gasteiger charge is 2.11. The summed E-state index contributed by atoms with van der Waals surface area (Å²) in [5.74, 6) is 0.362. The molecule has 0 fully saturated rings. The van der Waals surface area contributed by atoms with Crippen LogP contribution >= 0.6 is 11.8 Å². The van der Waals surface area contributed by atoms with Crippen LogP contribution in [0.4, 0.5) is 0 Å². The van der Waals surface area contributed by atoms with Gasteiger partial charge >= 0.3 is 5.69 Å². The SMILES string of the molecule is Cn1c(SCc2cc(=O)n(C)c(=O)n2C)nc2ccccc2c1=O. The number of nitrogens with zero attached hydrogens (tertiary/aromatic N) is 4. The molecule has 0 aliphatic heterocycles. The Labute approximate surface area is 141 Å². The number of fused-ring (bicyclic) bond motifs is 1. The average molecular weight is 344 g/mol. The highest BCUT2D eigenvalue weighted by atomic mass is 32.2. The number of hydrogen-bond donors (Lipinski definition) is 0. The third-order valence-electron chi connectivity index (χ3n) is 3.92. The summed E-state index contributed by atoms with van der Waals surface area (Å²) in [4.78, 5) is 40.6. The van der Waals surface area contributed by atoms with E-state index in [0.717, 1.165) is 4.57 Å². The number of rotatable bonds is 3. The monoisotopic (exact) mass is 344 g/mol. The van der Waals surface area contributed by atoms with E-state index in [2.05, 4.69) is 4.98 Å². The quantitative estimate of drug-likeness (QED) is 0.514.